The SMILES string of the molecule is CCCCC/C=C\C/C=C\CCCCCCCCC(CCCCCCCC/C=C\C/C=C\CCCCC)OC(=O)NCCC[N+](C)(C)C. The highest BCUT2D eigenvalue weighted by atomic mass is 16.6. The van der Waals surface area contributed by atoms with Crippen molar-refractivity contribution in [2.24, 2.45) is 0 Å². The summed E-state index contributed by atoms with van der Waals surface area (Å²) in [5, 5.41) is 3.01. The number of nitrogens with one attached hydrogen (secondary N) is 1. The molecule has 0 aromatic rings. The fourth-order valence-electron chi connectivity index (χ4n) is 5.92. The van der Waals surface area contributed by atoms with Gasteiger partial charge in [-0.05, 0) is 89.9 Å². The average molecular weight is 672 g/mol. The van der Waals surface area contributed by atoms with Crippen molar-refractivity contribution in [2.75, 3.05) is 34.2 Å². The van der Waals surface area contributed by atoms with E-state index < -0.39 is 0 Å². The Labute approximate surface area is 300 Å². The van der Waals surface area contributed by atoms with Gasteiger partial charge in [-0.1, -0.05) is 140 Å². The van der Waals surface area contributed by atoms with Crippen LogP contribution in [0.3, 0.4) is 0 Å². The quantitative estimate of drug-likeness (QED) is 0.0414. The number of carbonyl (C=O) groups is 1. The predicted octanol–water partition coefficient (Wildman–Crippen LogP) is 13.6. The second kappa shape index (κ2) is 36.5. The van der Waals surface area contributed by atoms with E-state index >= 15 is 0 Å². The van der Waals surface area contributed by atoms with Gasteiger partial charge in [-0.2, -0.15) is 0 Å². The number of carbonyl (C=O) groups excluding carboxylic acids is 1. The first-order valence-corrected chi connectivity index (χ1v) is 20.7. The number of hydrogen-bond acceptors (Lipinski definition) is 2. The number of allylic oxidation sites excluding steroid dienone is 8. The first kappa shape index (κ1) is 46.2. The topological polar surface area (TPSA) is 38.3 Å². The van der Waals surface area contributed by atoms with E-state index in [0.29, 0.717) is 6.54 Å². The molecule has 4 nitrogen and oxygen atoms in total. The number of ether oxygens (including phenoxy) is 1. The van der Waals surface area contributed by atoms with Gasteiger partial charge in [0, 0.05) is 13.0 Å². The molecule has 0 fully saturated rings. The standard InChI is InChI=1S/C44H82N2O2/c1-6-8-10-12-14-16-18-20-22-24-26-28-30-32-34-36-39-43(48-44(47)45-41-38-42-46(3,4)5)40-37-35-33-31-29-27-25-23-21-19-17-15-13-11-9-7-2/h14-17,20-23,43H,6-13,18-19,24-42H2,1-5H3/p+1/b16-14-,17-15-,22-20-,23-21-. The van der Waals surface area contributed by atoms with Crippen molar-refractivity contribution in [3.05, 3.63) is 48.6 Å². The largest absolute Gasteiger partial charge is 0.446 e. The molecular formula is C44H83N2O2+. The fourth-order valence-corrected chi connectivity index (χ4v) is 5.92. The normalized spacial score (nSPS) is 12.5. The Morgan fingerprint density at radius 3 is 1.29 bits per heavy atom. The average Bonchev–Trinajstić information content (AvgIpc) is 3.05. The van der Waals surface area contributed by atoms with Crippen LogP contribution in [0.2, 0.25) is 0 Å². The van der Waals surface area contributed by atoms with E-state index in [1.807, 2.05) is 0 Å². The summed E-state index contributed by atoms with van der Waals surface area (Å²) >= 11 is 0. The van der Waals surface area contributed by atoms with E-state index in [4.69, 9.17) is 4.74 Å². The maximum atomic E-state index is 12.6. The van der Waals surface area contributed by atoms with Crippen molar-refractivity contribution in [1.82, 2.24) is 5.32 Å². The lowest BCUT2D eigenvalue weighted by Crippen LogP contribution is -2.38. The summed E-state index contributed by atoms with van der Waals surface area (Å²) in [5.74, 6) is 0. The summed E-state index contributed by atoms with van der Waals surface area (Å²) in [6.07, 6.45) is 51.7. The zero-order valence-corrected chi connectivity index (χ0v) is 33.0. The van der Waals surface area contributed by atoms with Crippen LogP contribution in [0.4, 0.5) is 4.79 Å². The van der Waals surface area contributed by atoms with Crippen LogP contribution in [0.25, 0.3) is 0 Å². The third-order valence-electron chi connectivity index (χ3n) is 9.00. The maximum Gasteiger partial charge on any atom is 0.407 e. The number of amides is 1. The summed E-state index contributed by atoms with van der Waals surface area (Å²) < 4.78 is 6.87. The highest BCUT2D eigenvalue weighted by molar-refractivity contribution is 5.67. The smallest absolute Gasteiger partial charge is 0.407 e. The van der Waals surface area contributed by atoms with Crippen molar-refractivity contribution in [3.63, 3.8) is 0 Å². The number of unbranched alkanes of at least 4 members (excludes halogenated alkanes) is 18. The van der Waals surface area contributed by atoms with Gasteiger partial charge in [0.15, 0.2) is 0 Å². The van der Waals surface area contributed by atoms with Crippen LogP contribution >= 0.6 is 0 Å². The van der Waals surface area contributed by atoms with Crippen molar-refractivity contribution in [2.45, 2.75) is 193 Å². The lowest BCUT2D eigenvalue weighted by Gasteiger charge is -2.24. The zero-order valence-electron chi connectivity index (χ0n) is 33.0. The Morgan fingerprint density at radius 2 is 0.896 bits per heavy atom. The molecular weight excluding hydrogens is 588 g/mol. The Bertz CT molecular complexity index is 744. The van der Waals surface area contributed by atoms with Gasteiger partial charge >= 0.3 is 6.09 Å². The maximum absolute atomic E-state index is 12.6. The summed E-state index contributed by atoms with van der Waals surface area (Å²) in [6.45, 7) is 6.26. The molecule has 0 aromatic heterocycles. The minimum absolute atomic E-state index is 0.0556. The van der Waals surface area contributed by atoms with E-state index in [0.717, 1.165) is 56.0 Å². The molecule has 1 amide bonds. The first-order chi connectivity index (χ1) is 23.4. The lowest BCUT2D eigenvalue weighted by molar-refractivity contribution is -0.870. The van der Waals surface area contributed by atoms with E-state index in [1.54, 1.807) is 0 Å². The van der Waals surface area contributed by atoms with Gasteiger partial charge < -0.3 is 14.5 Å². The monoisotopic (exact) mass is 672 g/mol. The number of quaternary nitrogens is 1. The van der Waals surface area contributed by atoms with Gasteiger partial charge in [-0.3, -0.25) is 0 Å². The van der Waals surface area contributed by atoms with Crippen molar-refractivity contribution >= 4 is 6.09 Å². The molecule has 280 valence electrons. The van der Waals surface area contributed by atoms with Crippen LogP contribution in [0.1, 0.15) is 187 Å². The third kappa shape index (κ3) is 38.6. The molecule has 0 aliphatic carbocycles. The Balaban J connectivity index is 4.12. The van der Waals surface area contributed by atoms with E-state index in [1.165, 1.54) is 128 Å². The molecule has 0 radical (unpaired) electrons. The molecule has 0 saturated heterocycles. The second-order valence-corrected chi connectivity index (χ2v) is 15.1. The molecule has 0 saturated carbocycles. The van der Waals surface area contributed by atoms with Gasteiger partial charge in [0.25, 0.3) is 0 Å². The van der Waals surface area contributed by atoms with Crippen molar-refractivity contribution < 1.29 is 14.0 Å². The molecule has 0 aliphatic rings. The van der Waals surface area contributed by atoms with Gasteiger partial charge in [-0.25, -0.2) is 4.79 Å². The second-order valence-electron chi connectivity index (χ2n) is 15.1. The number of alkyl carbamates (subject to hydrolysis) is 1. The molecule has 0 aromatic carbocycles. The molecule has 0 aliphatic heterocycles. The summed E-state index contributed by atoms with van der Waals surface area (Å²) in [7, 11) is 6.57. The molecule has 0 atom stereocenters. The van der Waals surface area contributed by atoms with E-state index in [2.05, 4.69) is 88.9 Å². The molecule has 0 unspecified atom stereocenters. The number of rotatable bonds is 35. The highest BCUT2D eigenvalue weighted by Crippen LogP contribution is 2.18. The van der Waals surface area contributed by atoms with Crippen LogP contribution in [0.5, 0.6) is 0 Å². The minimum Gasteiger partial charge on any atom is -0.446 e. The lowest BCUT2D eigenvalue weighted by atomic mass is 10.0. The van der Waals surface area contributed by atoms with Crippen LogP contribution in [-0.4, -0.2) is 50.9 Å². The van der Waals surface area contributed by atoms with E-state index in [-0.39, 0.29) is 12.2 Å². The minimum atomic E-state index is -0.221. The predicted molar refractivity (Wildman–Crippen MR) is 214 cm³/mol. The molecule has 48 heavy (non-hydrogen) atoms. The molecule has 0 rings (SSSR count). The molecule has 0 heterocycles. The Kier molecular flexibility index (Phi) is 35.1. The summed E-state index contributed by atoms with van der Waals surface area (Å²) in [6, 6.07) is 0. The third-order valence-corrected chi connectivity index (χ3v) is 9.00. The fraction of sp³-hybridized carbons (Fsp3) is 0.795. The highest BCUT2D eigenvalue weighted by Gasteiger charge is 2.14. The first-order valence-electron chi connectivity index (χ1n) is 20.7. The van der Waals surface area contributed by atoms with Gasteiger partial charge in [-0.15, -0.1) is 0 Å². The summed E-state index contributed by atoms with van der Waals surface area (Å²) in [5.41, 5.74) is 0. The van der Waals surface area contributed by atoms with Gasteiger partial charge in [0.05, 0.1) is 27.7 Å². The van der Waals surface area contributed by atoms with Gasteiger partial charge in [0.1, 0.15) is 6.10 Å². The summed E-state index contributed by atoms with van der Waals surface area (Å²) in [4.78, 5) is 12.6. The molecule has 1 N–H and O–H groups in total. The number of nitrogens with zero attached hydrogens (tertiary/aromatic N) is 1. The van der Waals surface area contributed by atoms with E-state index in [9.17, 15) is 4.79 Å². The van der Waals surface area contributed by atoms with Crippen LogP contribution in [-0.2, 0) is 4.74 Å². The van der Waals surface area contributed by atoms with Crippen molar-refractivity contribution in [3.8, 4) is 0 Å². The van der Waals surface area contributed by atoms with Crippen LogP contribution < -0.4 is 5.32 Å². The Hall–Kier alpha value is -1.81. The van der Waals surface area contributed by atoms with Crippen LogP contribution in [0, 0.1) is 0 Å². The molecule has 4 heteroatoms. The van der Waals surface area contributed by atoms with Gasteiger partial charge in [0.2, 0.25) is 0 Å². The molecule has 0 bridgehead atoms. The van der Waals surface area contributed by atoms with Crippen molar-refractivity contribution in [1.29, 1.82) is 0 Å². The Morgan fingerprint density at radius 1 is 0.521 bits per heavy atom. The zero-order chi connectivity index (χ0) is 35.2. The molecule has 0 spiro atoms. The van der Waals surface area contributed by atoms with Crippen LogP contribution in [0.15, 0.2) is 48.6 Å². The number of hydrogen-bond donors (Lipinski definition) is 1.